The first-order valence-electron chi connectivity index (χ1n) is 5.78. The zero-order valence-corrected chi connectivity index (χ0v) is 9.83. The third kappa shape index (κ3) is 3.22. The van der Waals surface area contributed by atoms with Gasteiger partial charge in [0.15, 0.2) is 0 Å². The van der Waals surface area contributed by atoms with Crippen molar-refractivity contribution in [1.82, 2.24) is 4.90 Å². The van der Waals surface area contributed by atoms with E-state index in [0.717, 1.165) is 31.5 Å². The SMILES string of the molecule is C=C/C=C(/C(=O)N1CCCCC1)C(C)C. The van der Waals surface area contributed by atoms with Crippen LogP contribution >= 0.6 is 0 Å². The number of likely N-dealkylation sites (tertiary alicyclic amines) is 1. The zero-order chi connectivity index (χ0) is 11.3. The smallest absolute Gasteiger partial charge is 0.250 e. The van der Waals surface area contributed by atoms with Crippen molar-refractivity contribution in [3.05, 3.63) is 24.3 Å². The molecule has 0 unspecified atom stereocenters. The van der Waals surface area contributed by atoms with Gasteiger partial charge in [0.1, 0.15) is 0 Å². The van der Waals surface area contributed by atoms with Crippen molar-refractivity contribution < 1.29 is 4.79 Å². The maximum Gasteiger partial charge on any atom is 0.250 e. The van der Waals surface area contributed by atoms with Crippen LogP contribution in [0.5, 0.6) is 0 Å². The molecule has 1 saturated heterocycles. The number of amides is 1. The van der Waals surface area contributed by atoms with Crippen molar-refractivity contribution in [2.75, 3.05) is 13.1 Å². The summed E-state index contributed by atoms with van der Waals surface area (Å²) < 4.78 is 0. The number of hydrogen-bond acceptors (Lipinski definition) is 1. The van der Waals surface area contributed by atoms with Crippen LogP contribution in [-0.2, 0) is 4.79 Å². The number of hydrogen-bond donors (Lipinski definition) is 0. The van der Waals surface area contributed by atoms with E-state index in [1.807, 2.05) is 11.0 Å². The van der Waals surface area contributed by atoms with Gasteiger partial charge in [-0.05, 0) is 25.2 Å². The molecule has 1 aliphatic rings. The van der Waals surface area contributed by atoms with Crippen molar-refractivity contribution in [2.45, 2.75) is 33.1 Å². The summed E-state index contributed by atoms with van der Waals surface area (Å²) in [6.07, 6.45) is 7.10. The molecular formula is C13H21NO. The first-order valence-corrected chi connectivity index (χ1v) is 5.78. The largest absolute Gasteiger partial charge is 0.339 e. The van der Waals surface area contributed by atoms with E-state index in [0.29, 0.717) is 0 Å². The minimum Gasteiger partial charge on any atom is -0.339 e. The maximum absolute atomic E-state index is 12.1. The van der Waals surface area contributed by atoms with E-state index >= 15 is 0 Å². The molecule has 0 atom stereocenters. The monoisotopic (exact) mass is 207 g/mol. The Labute approximate surface area is 92.7 Å². The lowest BCUT2D eigenvalue weighted by Gasteiger charge is -2.28. The van der Waals surface area contributed by atoms with Gasteiger partial charge in [-0.3, -0.25) is 4.79 Å². The molecule has 0 aromatic carbocycles. The van der Waals surface area contributed by atoms with Crippen molar-refractivity contribution in [3.8, 4) is 0 Å². The lowest BCUT2D eigenvalue weighted by Crippen LogP contribution is -2.37. The van der Waals surface area contributed by atoms with Crippen LogP contribution in [0.2, 0.25) is 0 Å². The second kappa shape index (κ2) is 5.74. The van der Waals surface area contributed by atoms with Gasteiger partial charge in [0, 0.05) is 18.7 Å². The molecule has 0 saturated carbocycles. The molecule has 0 aromatic rings. The lowest BCUT2D eigenvalue weighted by atomic mass is 10.00. The van der Waals surface area contributed by atoms with Crippen molar-refractivity contribution in [1.29, 1.82) is 0 Å². The second-order valence-electron chi connectivity index (χ2n) is 4.37. The number of rotatable bonds is 3. The Hall–Kier alpha value is -1.05. The van der Waals surface area contributed by atoms with Crippen molar-refractivity contribution in [2.24, 2.45) is 5.92 Å². The first-order chi connectivity index (χ1) is 7.16. The summed E-state index contributed by atoms with van der Waals surface area (Å²) in [6.45, 7) is 9.60. The fourth-order valence-electron chi connectivity index (χ4n) is 1.92. The summed E-state index contributed by atoms with van der Waals surface area (Å²) in [7, 11) is 0. The van der Waals surface area contributed by atoms with E-state index in [-0.39, 0.29) is 11.8 Å². The summed E-state index contributed by atoms with van der Waals surface area (Å²) in [6, 6.07) is 0. The van der Waals surface area contributed by atoms with Crippen LogP contribution in [0.15, 0.2) is 24.3 Å². The van der Waals surface area contributed by atoms with E-state index in [1.165, 1.54) is 6.42 Å². The van der Waals surface area contributed by atoms with Crippen LogP contribution in [0.4, 0.5) is 0 Å². The molecule has 15 heavy (non-hydrogen) atoms. The molecule has 2 nitrogen and oxygen atoms in total. The van der Waals surface area contributed by atoms with Crippen LogP contribution in [0.3, 0.4) is 0 Å². The molecule has 0 aromatic heterocycles. The highest BCUT2D eigenvalue weighted by Crippen LogP contribution is 2.17. The number of carbonyl (C=O) groups excluding carboxylic acids is 1. The highest BCUT2D eigenvalue weighted by molar-refractivity contribution is 5.94. The molecule has 0 radical (unpaired) electrons. The van der Waals surface area contributed by atoms with E-state index in [4.69, 9.17) is 0 Å². The van der Waals surface area contributed by atoms with Gasteiger partial charge in [0.25, 0.3) is 0 Å². The molecule has 0 aliphatic carbocycles. The number of nitrogens with zero attached hydrogens (tertiary/aromatic N) is 1. The normalized spacial score (nSPS) is 18.1. The molecule has 1 amide bonds. The lowest BCUT2D eigenvalue weighted by molar-refractivity contribution is -0.128. The molecule has 1 aliphatic heterocycles. The Morgan fingerprint density at radius 2 is 1.87 bits per heavy atom. The van der Waals surface area contributed by atoms with E-state index in [2.05, 4.69) is 20.4 Å². The summed E-state index contributed by atoms with van der Waals surface area (Å²) in [4.78, 5) is 14.1. The minimum absolute atomic E-state index is 0.199. The minimum atomic E-state index is 0.199. The molecule has 0 bridgehead atoms. The van der Waals surface area contributed by atoms with Gasteiger partial charge in [-0.25, -0.2) is 0 Å². The van der Waals surface area contributed by atoms with E-state index in [1.54, 1.807) is 6.08 Å². The molecule has 84 valence electrons. The summed E-state index contributed by atoms with van der Waals surface area (Å²) >= 11 is 0. The Morgan fingerprint density at radius 3 is 2.33 bits per heavy atom. The second-order valence-corrected chi connectivity index (χ2v) is 4.37. The molecule has 1 rings (SSSR count). The number of carbonyl (C=O) groups is 1. The van der Waals surface area contributed by atoms with E-state index < -0.39 is 0 Å². The highest BCUT2D eigenvalue weighted by Gasteiger charge is 2.21. The third-order valence-corrected chi connectivity index (χ3v) is 2.81. The van der Waals surface area contributed by atoms with Gasteiger partial charge < -0.3 is 4.90 Å². The average Bonchev–Trinajstić information content (AvgIpc) is 2.26. The highest BCUT2D eigenvalue weighted by atomic mass is 16.2. The van der Waals surface area contributed by atoms with Gasteiger partial charge in [-0.15, -0.1) is 0 Å². The van der Waals surface area contributed by atoms with Crippen LogP contribution in [-0.4, -0.2) is 23.9 Å². The quantitative estimate of drug-likeness (QED) is 0.515. The number of allylic oxidation sites excluding steroid dienone is 2. The predicted molar refractivity (Wildman–Crippen MR) is 63.5 cm³/mol. The summed E-state index contributed by atoms with van der Waals surface area (Å²) in [5.74, 6) is 0.474. The van der Waals surface area contributed by atoms with Crippen LogP contribution < -0.4 is 0 Å². The topological polar surface area (TPSA) is 20.3 Å². The zero-order valence-electron chi connectivity index (χ0n) is 9.83. The molecule has 0 spiro atoms. The van der Waals surface area contributed by atoms with Crippen LogP contribution in [0, 0.1) is 5.92 Å². The fraction of sp³-hybridized carbons (Fsp3) is 0.615. The molecule has 1 heterocycles. The Morgan fingerprint density at radius 1 is 1.27 bits per heavy atom. The van der Waals surface area contributed by atoms with Gasteiger partial charge in [-0.2, -0.15) is 0 Å². The van der Waals surface area contributed by atoms with Gasteiger partial charge >= 0.3 is 0 Å². The molecule has 0 N–H and O–H groups in total. The summed E-state index contributed by atoms with van der Waals surface area (Å²) in [5, 5.41) is 0. The Kier molecular flexibility index (Phi) is 4.60. The van der Waals surface area contributed by atoms with Crippen LogP contribution in [0.25, 0.3) is 0 Å². The van der Waals surface area contributed by atoms with Crippen LogP contribution in [0.1, 0.15) is 33.1 Å². The standard InChI is InChI=1S/C13H21NO/c1-4-8-12(11(2)3)13(15)14-9-6-5-7-10-14/h4,8,11H,1,5-7,9-10H2,2-3H3/b12-8+. The van der Waals surface area contributed by atoms with Crippen molar-refractivity contribution in [3.63, 3.8) is 0 Å². The molecular weight excluding hydrogens is 186 g/mol. The van der Waals surface area contributed by atoms with Crippen molar-refractivity contribution >= 4 is 5.91 Å². The predicted octanol–water partition coefficient (Wildman–Crippen LogP) is 2.77. The van der Waals surface area contributed by atoms with Gasteiger partial charge in [-0.1, -0.05) is 32.6 Å². The molecule has 1 fully saturated rings. The maximum atomic E-state index is 12.1. The average molecular weight is 207 g/mol. The fourth-order valence-corrected chi connectivity index (χ4v) is 1.92. The molecule has 2 heteroatoms. The van der Waals surface area contributed by atoms with E-state index in [9.17, 15) is 4.79 Å². The first kappa shape index (κ1) is 12.0. The van der Waals surface area contributed by atoms with Gasteiger partial charge in [0.2, 0.25) is 5.91 Å². The summed E-state index contributed by atoms with van der Waals surface area (Å²) in [5.41, 5.74) is 0.881. The number of piperidine rings is 1. The Bertz CT molecular complexity index is 260. The Balaban J connectivity index is 2.70. The third-order valence-electron chi connectivity index (χ3n) is 2.81. The van der Waals surface area contributed by atoms with Gasteiger partial charge in [0.05, 0.1) is 0 Å².